The fourth-order valence-corrected chi connectivity index (χ4v) is 3.67. The third-order valence-corrected chi connectivity index (χ3v) is 5.48. The highest BCUT2D eigenvalue weighted by molar-refractivity contribution is 14.0. The van der Waals surface area contributed by atoms with Crippen LogP contribution in [0, 0.1) is 5.92 Å². The number of nitrogens with zero attached hydrogens (tertiary/aromatic N) is 3. The molecule has 2 aliphatic heterocycles. The molecule has 0 aliphatic carbocycles. The number of hydrogen-bond donors (Lipinski definition) is 2. The Morgan fingerprint density at radius 1 is 1.15 bits per heavy atom. The van der Waals surface area contributed by atoms with Gasteiger partial charge in [0.15, 0.2) is 5.96 Å². The van der Waals surface area contributed by atoms with Crippen LogP contribution in [0.1, 0.15) is 52.4 Å². The molecule has 2 fully saturated rings. The van der Waals surface area contributed by atoms with E-state index in [4.69, 9.17) is 0 Å². The van der Waals surface area contributed by atoms with E-state index in [0.29, 0.717) is 12.5 Å². The molecule has 2 N–H and O–H groups in total. The summed E-state index contributed by atoms with van der Waals surface area (Å²) in [6.45, 7) is 10.6. The van der Waals surface area contributed by atoms with Gasteiger partial charge in [-0.1, -0.05) is 13.8 Å². The summed E-state index contributed by atoms with van der Waals surface area (Å²) in [6, 6.07) is 0.317. The van der Waals surface area contributed by atoms with Crippen LogP contribution < -0.4 is 10.6 Å². The van der Waals surface area contributed by atoms with Crippen LogP contribution in [0.15, 0.2) is 4.99 Å². The van der Waals surface area contributed by atoms with Crippen LogP contribution in [0.25, 0.3) is 0 Å². The zero-order valence-corrected chi connectivity index (χ0v) is 19.1. The number of hydrogen-bond acceptors (Lipinski definition) is 3. The van der Waals surface area contributed by atoms with Gasteiger partial charge in [-0.3, -0.25) is 9.79 Å². The van der Waals surface area contributed by atoms with Gasteiger partial charge in [-0.25, -0.2) is 0 Å². The van der Waals surface area contributed by atoms with Crippen LogP contribution in [0.3, 0.4) is 0 Å². The Balaban J connectivity index is 0.00000338. The average molecular weight is 479 g/mol. The van der Waals surface area contributed by atoms with Crippen LogP contribution in [0.2, 0.25) is 0 Å². The lowest BCUT2D eigenvalue weighted by Crippen LogP contribution is -2.45. The highest BCUT2D eigenvalue weighted by Crippen LogP contribution is 2.16. The lowest BCUT2D eigenvalue weighted by atomic mass is 9.99. The molecule has 0 aromatic carbocycles. The number of carbonyl (C=O) groups is 1. The number of unbranched alkanes of at least 4 members (excludes halogenated alkanes) is 1. The van der Waals surface area contributed by atoms with Gasteiger partial charge in [0.2, 0.25) is 5.91 Å². The van der Waals surface area contributed by atoms with Crippen molar-refractivity contribution in [2.45, 2.75) is 58.4 Å². The van der Waals surface area contributed by atoms with Crippen LogP contribution in [0.5, 0.6) is 0 Å². The fraction of sp³-hybridized carbons (Fsp3) is 0.895. The summed E-state index contributed by atoms with van der Waals surface area (Å²) >= 11 is 0. The van der Waals surface area contributed by atoms with E-state index in [0.717, 1.165) is 44.4 Å². The molecule has 2 rings (SSSR count). The molecule has 2 saturated heterocycles. The Morgan fingerprint density at radius 2 is 1.88 bits per heavy atom. The maximum absolute atomic E-state index is 11.8. The third kappa shape index (κ3) is 7.98. The molecule has 7 heteroatoms. The van der Waals surface area contributed by atoms with E-state index in [1.54, 1.807) is 0 Å². The molecule has 2 heterocycles. The second-order valence-electron chi connectivity index (χ2n) is 7.55. The largest absolute Gasteiger partial charge is 0.356 e. The number of likely N-dealkylation sites (tertiary alicyclic amines) is 2. The topological polar surface area (TPSA) is 60.0 Å². The van der Waals surface area contributed by atoms with Crippen molar-refractivity contribution in [1.29, 1.82) is 0 Å². The van der Waals surface area contributed by atoms with Crippen molar-refractivity contribution < 1.29 is 4.79 Å². The number of aliphatic imine (C=N–C) groups is 1. The van der Waals surface area contributed by atoms with Crippen LogP contribution in [0.4, 0.5) is 0 Å². The molecule has 26 heavy (non-hydrogen) atoms. The Labute approximate surface area is 176 Å². The third-order valence-electron chi connectivity index (χ3n) is 5.48. The highest BCUT2D eigenvalue weighted by Gasteiger charge is 2.25. The lowest BCUT2D eigenvalue weighted by Gasteiger charge is -2.30. The molecular formula is C19H38IN5O. The van der Waals surface area contributed by atoms with E-state index in [9.17, 15) is 4.79 Å². The van der Waals surface area contributed by atoms with Crippen molar-refractivity contribution in [3.8, 4) is 0 Å². The first-order chi connectivity index (χ1) is 12.1. The van der Waals surface area contributed by atoms with E-state index in [1.807, 2.05) is 18.9 Å². The number of nitrogens with one attached hydrogen (secondary N) is 2. The first kappa shape index (κ1) is 23.5. The van der Waals surface area contributed by atoms with Gasteiger partial charge in [0.05, 0.1) is 0 Å². The second kappa shape index (κ2) is 12.8. The molecule has 1 atom stereocenters. The van der Waals surface area contributed by atoms with Crippen molar-refractivity contribution in [1.82, 2.24) is 20.4 Å². The van der Waals surface area contributed by atoms with Gasteiger partial charge in [0.25, 0.3) is 0 Å². The summed E-state index contributed by atoms with van der Waals surface area (Å²) in [5.41, 5.74) is 0. The van der Waals surface area contributed by atoms with Crippen molar-refractivity contribution >= 4 is 35.8 Å². The van der Waals surface area contributed by atoms with Gasteiger partial charge in [-0.05, 0) is 57.7 Å². The molecule has 0 spiro atoms. The Bertz CT molecular complexity index is 438. The van der Waals surface area contributed by atoms with E-state index >= 15 is 0 Å². The first-order valence-corrected chi connectivity index (χ1v) is 10.1. The lowest BCUT2D eigenvalue weighted by molar-refractivity contribution is -0.129. The van der Waals surface area contributed by atoms with E-state index in [-0.39, 0.29) is 29.9 Å². The van der Waals surface area contributed by atoms with Gasteiger partial charge >= 0.3 is 0 Å². The normalized spacial score (nSPS) is 22.2. The smallest absolute Gasteiger partial charge is 0.222 e. The molecule has 0 bridgehead atoms. The zero-order valence-electron chi connectivity index (χ0n) is 16.8. The van der Waals surface area contributed by atoms with E-state index in [1.165, 1.54) is 38.9 Å². The molecule has 1 unspecified atom stereocenters. The molecule has 0 radical (unpaired) electrons. The van der Waals surface area contributed by atoms with Gasteiger partial charge in [0.1, 0.15) is 0 Å². The summed E-state index contributed by atoms with van der Waals surface area (Å²) in [6.07, 6.45) is 6.70. The number of carbonyl (C=O) groups excluding carboxylic acids is 1. The Hall–Kier alpha value is -0.570. The molecule has 2 aliphatic rings. The predicted molar refractivity (Wildman–Crippen MR) is 119 cm³/mol. The molecular weight excluding hydrogens is 441 g/mol. The second-order valence-corrected chi connectivity index (χ2v) is 7.55. The SMILES string of the molecule is CCC(=O)N1CCC(NC(=NC)NCCCCN2CCC(C)CC2)C1.I. The molecule has 1 amide bonds. The predicted octanol–water partition coefficient (Wildman–Crippen LogP) is 2.29. The minimum Gasteiger partial charge on any atom is -0.356 e. The molecule has 0 aromatic rings. The summed E-state index contributed by atoms with van der Waals surface area (Å²) in [5.74, 6) is 2.02. The van der Waals surface area contributed by atoms with Crippen molar-refractivity contribution in [3.05, 3.63) is 0 Å². The first-order valence-electron chi connectivity index (χ1n) is 10.1. The number of halogens is 1. The van der Waals surface area contributed by atoms with Gasteiger partial charge in [0, 0.05) is 39.1 Å². The Morgan fingerprint density at radius 3 is 2.54 bits per heavy atom. The quantitative estimate of drug-likeness (QED) is 0.255. The number of piperidine rings is 1. The summed E-state index contributed by atoms with van der Waals surface area (Å²) in [5, 5.41) is 6.87. The molecule has 0 saturated carbocycles. The molecule has 0 aromatic heterocycles. The zero-order chi connectivity index (χ0) is 18.1. The number of guanidine groups is 1. The van der Waals surface area contributed by atoms with E-state index in [2.05, 4.69) is 27.4 Å². The minimum atomic E-state index is 0. The molecule has 152 valence electrons. The molecule has 6 nitrogen and oxygen atoms in total. The maximum atomic E-state index is 11.8. The standard InChI is InChI=1S/C19H37N5O.HI/c1-4-18(25)24-14-9-17(15-24)22-19(20-3)21-10-5-6-11-23-12-7-16(2)8-13-23;/h16-17H,4-15H2,1-3H3,(H2,20,21,22);1H. The van der Waals surface area contributed by atoms with Crippen LogP contribution in [-0.2, 0) is 4.79 Å². The monoisotopic (exact) mass is 479 g/mol. The minimum absolute atomic E-state index is 0. The summed E-state index contributed by atoms with van der Waals surface area (Å²) in [7, 11) is 1.81. The average Bonchev–Trinajstić information content (AvgIpc) is 3.10. The van der Waals surface area contributed by atoms with E-state index < -0.39 is 0 Å². The van der Waals surface area contributed by atoms with Crippen molar-refractivity contribution in [3.63, 3.8) is 0 Å². The fourth-order valence-electron chi connectivity index (χ4n) is 3.67. The van der Waals surface area contributed by atoms with Crippen molar-refractivity contribution in [2.75, 3.05) is 46.3 Å². The van der Waals surface area contributed by atoms with Crippen LogP contribution in [-0.4, -0.2) is 74.0 Å². The number of amides is 1. The maximum Gasteiger partial charge on any atom is 0.222 e. The Kier molecular flexibility index (Phi) is 11.5. The number of rotatable bonds is 7. The van der Waals surface area contributed by atoms with Crippen molar-refractivity contribution in [2.24, 2.45) is 10.9 Å². The highest BCUT2D eigenvalue weighted by atomic mass is 127. The summed E-state index contributed by atoms with van der Waals surface area (Å²) < 4.78 is 0. The van der Waals surface area contributed by atoms with Gasteiger partial charge < -0.3 is 20.4 Å². The summed E-state index contributed by atoms with van der Waals surface area (Å²) in [4.78, 5) is 20.6. The van der Waals surface area contributed by atoms with Gasteiger partial charge in [-0.2, -0.15) is 0 Å². The van der Waals surface area contributed by atoms with Crippen LogP contribution >= 0.6 is 24.0 Å². The van der Waals surface area contributed by atoms with Gasteiger partial charge in [-0.15, -0.1) is 24.0 Å².